The average Bonchev–Trinajstić information content (AvgIpc) is 3.47. The van der Waals surface area contributed by atoms with Gasteiger partial charge in [-0.05, 0) is 122 Å². The molecule has 0 spiro atoms. The van der Waals surface area contributed by atoms with Gasteiger partial charge in [0.15, 0.2) is 6.10 Å². The molecule has 0 amide bonds. The van der Waals surface area contributed by atoms with Gasteiger partial charge in [-0.1, -0.05) is 304 Å². The third kappa shape index (κ3) is 66.9. The predicted molar refractivity (Wildman–Crippen MR) is 357 cm³/mol. The van der Waals surface area contributed by atoms with Crippen LogP contribution in [-0.2, 0) is 28.6 Å². The SMILES string of the molecule is CC/C=C\C/C=C\C/C=C\C/C=C\C/C=C\C/C=C\CCCCCCCCCCCCCCCCC(=O)OCC(COC(=O)CCCCCCC/C=C\C/C=C\CCC)OC(=O)CCCCCCCCC/C=C\CCCCCCCCC. The fourth-order valence-electron chi connectivity index (χ4n) is 9.78. The topological polar surface area (TPSA) is 78.9 Å². The normalized spacial score (nSPS) is 12.8. The average molecular weight is 1140 g/mol. The first-order valence-corrected chi connectivity index (χ1v) is 34.9. The van der Waals surface area contributed by atoms with E-state index < -0.39 is 6.10 Å². The molecule has 0 saturated carbocycles. The van der Waals surface area contributed by atoms with Crippen molar-refractivity contribution in [3.63, 3.8) is 0 Å². The zero-order valence-corrected chi connectivity index (χ0v) is 54.0. The lowest BCUT2D eigenvalue weighted by Crippen LogP contribution is -2.30. The fraction of sp³-hybridized carbons (Fsp3) is 0.724. The van der Waals surface area contributed by atoms with E-state index in [2.05, 4.69) is 130 Å². The highest BCUT2D eigenvalue weighted by molar-refractivity contribution is 5.71. The number of carbonyl (C=O) groups is 3. The van der Waals surface area contributed by atoms with Crippen LogP contribution < -0.4 is 0 Å². The second-order valence-corrected chi connectivity index (χ2v) is 23.1. The maximum absolute atomic E-state index is 12.9. The molecule has 1 unspecified atom stereocenters. The maximum atomic E-state index is 12.9. The first-order valence-electron chi connectivity index (χ1n) is 34.9. The predicted octanol–water partition coefficient (Wildman–Crippen LogP) is 24.2. The van der Waals surface area contributed by atoms with Crippen LogP contribution in [0, 0.1) is 0 Å². The highest BCUT2D eigenvalue weighted by Crippen LogP contribution is 2.17. The molecule has 470 valence electrons. The summed E-state index contributed by atoms with van der Waals surface area (Å²) in [5.41, 5.74) is 0. The van der Waals surface area contributed by atoms with Gasteiger partial charge in [0.1, 0.15) is 13.2 Å². The van der Waals surface area contributed by atoms with Gasteiger partial charge in [-0.25, -0.2) is 0 Å². The van der Waals surface area contributed by atoms with Gasteiger partial charge >= 0.3 is 17.9 Å². The second kappa shape index (κ2) is 69.6. The van der Waals surface area contributed by atoms with Crippen LogP contribution >= 0.6 is 0 Å². The third-order valence-electron chi connectivity index (χ3n) is 15.0. The Morgan fingerprint density at radius 2 is 0.500 bits per heavy atom. The number of unbranched alkanes of at least 4 members (excludes halogenated alkanes) is 34. The summed E-state index contributed by atoms with van der Waals surface area (Å²) in [7, 11) is 0. The summed E-state index contributed by atoms with van der Waals surface area (Å²) in [6.45, 7) is 6.47. The molecule has 1 atom stereocenters. The van der Waals surface area contributed by atoms with Crippen LogP contribution in [0.15, 0.2) is 109 Å². The molecule has 0 N–H and O–H groups in total. The van der Waals surface area contributed by atoms with Crippen LogP contribution in [0.1, 0.15) is 335 Å². The first kappa shape index (κ1) is 78.1. The molecule has 0 saturated heterocycles. The van der Waals surface area contributed by atoms with Gasteiger partial charge in [-0.3, -0.25) is 14.4 Å². The van der Waals surface area contributed by atoms with Crippen molar-refractivity contribution in [2.45, 2.75) is 341 Å². The number of allylic oxidation sites excluding steroid dienone is 18. The quantitative estimate of drug-likeness (QED) is 0.0261. The van der Waals surface area contributed by atoms with E-state index in [4.69, 9.17) is 14.2 Å². The van der Waals surface area contributed by atoms with Gasteiger partial charge in [-0.2, -0.15) is 0 Å². The summed E-state index contributed by atoms with van der Waals surface area (Å²) in [6.07, 6.45) is 95.4. The molecule has 6 nitrogen and oxygen atoms in total. The highest BCUT2D eigenvalue weighted by atomic mass is 16.6. The van der Waals surface area contributed by atoms with Crippen molar-refractivity contribution < 1.29 is 28.6 Å². The molecule has 0 aromatic rings. The van der Waals surface area contributed by atoms with Crippen LogP contribution in [-0.4, -0.2) is 37.2 Å². The smallest absolute Gasteiger partial charge is 0.306 e. The van der Waals surface area contributed by atoms with Crippen LogP contribution in [0.3, 0.4) is 0 Å². The minimum Gasteiger partial charge on any atom is -0.462 e. The molecular weight excluding hydrogens is 1010 g/mol. The van der Waals surface area contributed by atoms with Crippen molar-refractivity contribution in [2.75, 3.05) is 13.2 Å². The van der Waals surface area contributed by atoms with E-state index in [-0.39, 0.29) is 31.1 Å². The van der Waals surface area contributed by atoms with Gasteiger partial charge in [0, 0.05) is 19.3 Å². The summed E-state index contributed by atoms with van der Waals surface area (Å²) in [5.74, 6) is -0.890. The Morgan fingerprint density at radius 1 is 0.256 bits per heavy atom. The lowest BCUT2D eigenvalue weighted by Gasteiger charge is -2.18. The molecule has 0 aromatic heterocycles. The largest absolute Gasteiger partial charge is 0.462 e. The number of carbonyl (C=O) groups excluding carboxylic acids is 3. The van der Waals surface area contributed by atoms with E-state index in [9.17, 15) is 14.4 Å². The van der Waals surface area contributed by atoms with Crippen molar-refractivity contribution in [3.05, 3.63) is 109 Å². The molecular formula is C76H130O6. The van der Waals surface area contributed by atoms with E-state index in [0.717, 1.165) is 128 Å². The van der Waals surface area contributed by atoms with Crippen molar-refractivity contribution >= 4 is 17.9 Å². The molecule has 0 fully saturated rings. The molecule has 82 heavy (non-hydrogen) atoms. The number of hydrogen-bond donors (Lipinski definition) is 0. The van der Waals surface area contributed by atoms with Gasteiger partial charge < -0.3 is 14.2 Å². The minimum atomic E-state index is -0.787. The Balaban J connectivity index is 4.22. The molecule has 0 radical (unpaired) electrons. The lowest BCUT2D eigenvalue weighted by molar-refractivity contribution is -0.167. The Morgan fingerprint density at radius 3 is 0.805 bits per heavy atom. The van der Waals surface area contributed by atoms with Gasteiger partial charge in [0.05, 0.1) is 0 Å². The molecule has 0 heterocycles. The molecule has 0 aromatic carbocycles. The Labute approximate surface area is 508 Å². The minimum absolute atomic E-state index is 0.0826. The zero-order chi connectivity index (χ0) is 59.2. The molecule has 6 heteroatoms. The summed E-state index contributed by atoms with van der Waals surface area (Å²) in [4.78, 5) is 38.4. The molecule has 0 aliphatic rings. The molecule has 0 aliphatic carbocycles. The highest BCUT2D eigenvalue weighted by Gasteiger charge is 2.19. The Kier molecular flexibility index (Phi) is 66.2. The third-order valence-corrected chi connectivity index (χ3v) is 15.0. The standard InChI is InChI=1S/C76H130O6/c1-4-7-10-13-16-19-22-25-27-29-31-32-33-34-35-36-37-38-39-40-41-42-43-44-45-47-48-51-54-57-60-63-66-69-75(78)81-72-73(71-80-74(77)68-65-62-59-56-53-50-24-21-18-15-12-9-6-3)82-76(79)70-67-64-61-58-55-52-49-46-30-28-26-23-20-17-14-11-8-5-2/h7,10,12,15-16,19,21,24-25,27-28,30-32,34-35,37-38,73H,4-6,8-9,11,13-14,17-18,20,22-23,26,29,33,36,39-72H2,1-3H3/b10-7-,15-12-,19-16-,24-21-,27-25-,30-28-,32-31-,35-34-,38-37-. The first-order chi connectivity index (χ1) is 40.5. The van der Waals surface area contributed by atoms with E-state index >= 15 is 0 Å². The van der Waals surface area contributed by atoms with Crippen LogP contribution in [0.4, 0.5) is 0 Å². The number of esters is 3. The Hall–Kier alpha value is -3.93. The monoisotopic (exact) mass is 1140 g/mol. The van der Waals surface area contributed by atoms with Crippen LogP contribution in [0.25, 0.3) is 0 Å². The van der Waals surface area contributed by atoms with Crippen LogP contribution in [0.2, 0.25) is 0 Å². The fourth-order valence-corrected chi connectivity index (χ4v) is 9.78. The zero-order valence-electron chi connectivity index (χ0n) is 54.0. The van der Waals surface area contributed by atoms with Crippen molar-refractivity contribution in [3.8, 4) is 0 Å². The van der Waals surface area contributed by atoms with Crippen molar-refractivity contribution in [2.24, 2.45) is 0 Å². The van der Waals surface area contributed by atoms with Gasteiger partial charge in [0.2, 0.25) is 0 Å². The number of rotatable bonds is 63. The second-order valence-electron chi connectivity index (χ2n) is 23.1. The van der Waals surface area contributed by atoms with E-state index in [0.29, 0.717) is 19.3 Å². The molecule has 0 bridgehead atoms. The van der Waals surface area contributed by atoms with Gasteiger partial charge in [-0.15, -0.1) is 0 Å². The Bertz CT molecular complexity index is 1640. The summed E-state index contributed by atoms with van der Waals surface area (Å²) < 4.78 is 16.9. The maximum Gasteiger partial charge on any atom is 0.306 e. The summed E-state index contributed by atoms with van der Waals surface area (Å²) in [5, 5.41) is 0. The number of hydrogen-bond acceptors (Lipinski definition) is 6. The molecule has 0 aliphatic heterocycles. The lowest BCUT2D eigenvalue weighted by atomic mass is 10.0. The van der Waals surface area contributed by atoms with E-state index in [1.807, 2.05) is 0 Å². The van der Waals surface area contributed by atoms with Crippen LogP contribution in [0.5, 0.6) is 0 Å². The summed E-state index contributed by atoms with van der Waals surface area (Å²) in [6, 6.07) is 0. The summed E-state index contributed by atoms with van der Waals surface area (Å²) >= 11 is 0. The van der Waals surface area contributed by atoms with Crippen molar-refractivity contribution in [1.29, 1.82) is 0 Å². The van der Waals surface area contributed by atoms with E-state index in [1.165, 1.54) is 167 Å². The van der Waals surface area contributed by atoms with Gasteiger partial charge in [0.25, 0.3) is 0 Å². The molecule has 0 rings (SSSR count). The van der Waals surface area contributed by atoms with E-state index in [1.54, 1.807) is 0 Å². The number of ether oxygens (including phenoxy) is 3. The van der Waals surface area contributed by atoms with Crippen molar-refractivity contribution in [1.82, 2.24) is 0 Å².